The van der Waals surface area contributed by atoms with E-state index in [2.05, 4.69) is 15.9 Å². The first kappa shape index (κ1) is 10.4. The lowest BCUT2D eigenvalue weighted by molar-refractivity contribution is -0.0262. The second-order valence-electron chi connectivity index (χ2n) is 3.46. The van der Waals surface area contributed by atoms with Crippen molar-refractivity contribution in [1.82, 2.24) is 0 Å². The second kappa shape index (κ2) is 3.46. The maximum Gasteiger partial charge on any atom is 0.282 e. The van der Waals surface area contributed by atoms with Gasteiger partial charge in [-0.3, -0.25) is 0 Å². The third kappa shape index (κ3) is 1.82. The Morgan fingerprint density at radius 2 is 2.07 bits per heavy atom. The third-order valence-corrected chi connectivity index (χ3v) is 2.95. The molecule has 2 nitrogen and oxygen atoms in total. The van der Waals surface area contributed by atoms with Gasteiger partial charge in [-0.1, -0.05) is 6.07 Å². The summed E-state index contributed by atoms with van der Waals surface area (Å²) in [5.41, 5.74) is 0.978. The molecule has 5 heteroatoms. The van der Waals surface area contributed by atoms with Gasteiger partial charge < -0.3 is 4.90 Å². The summed E-state index contributed by atoms with van der Waals surface area (Å²) in [5, 5.41) is 8.90. The van der Waals surface area contributed by atoms with E-state index in [1.165, 1.54) is 4.90 Å². The van der Waals surface area contributed by atoms with Gasteiger partial charge in [0.25, 0.3) is 5.92 Å². The van der Waals surface area contributed by atoms with Crippen LogP contribution in [-0.2, 0) is 0 Å². The van der Waals surface area contributed by atoms with Gasteiger partial charge >= 0.3 is 0 Å². The highest BCUT2D eigenvalue weighted by atomic mass is 79.9. The summed E-state index contributed by atoms with van der Waals surface area (Å²) in [7, 11) is 0. The Morgan fingerprint density at radius 1 is 1.40 bits per heavy atom. The van der Waals surface area contributed by atoms with Crippen molar-refractivity contribution in [3.8, 4) is 6.07 Å². The first-order valence-corrected chi connectivity index (χ1v) is 5.14. The van der Waals surface area contributed by atoms with Crippen LogP contribution >= 0.6 is 15.9 Å². The molecule has 1 aliphatic rings. The molecular formula is C10H7BrF2N2. The minimum atomic E-state index is -2.62. The van der Waals surface area contributed by atoms with Gasteiger partial charge in [0.05, 0.1) is 24.3 Å². The molecule has 0 spiro atoms. The summed E-state index contributed by atoms with van der Waals surface area (Å²) >= 11 is 3.22. The number of benzene rings is 1. The number of nitrogens with zero attached hydrogens (tertiary/aromatic N) is 2. The molecule has 1 aliphatic heterocycles. The molecule has 1 aromatic rings. The minimum Gasteiger partial charge on any atom is -0.358 e. The maximum atomic E-state index is 12.7. The van der Waals surface area contributed by atoms with Gasteiger partial charge in [-0.2, -0.15) is 5.26 Å². The lowest BCUT2D eigenvalue weighted by Gasteiger charge is -2.40. The number of nitriles is 1. The summed E-state index contributed by atoms with van der Waals surface area (Å²) in [5.74, 6) is -2.62. The van der Waals surface area contributed by atoms with E-state index in [-0.39, 0.29) is 13.1 Å². The van der Waals surface area contributed by atoms with Crippen LogP contribution in [0.1, 0.15) is 5.56 Å². The molecule has 15 heavy (non-hydrogen) atoms. The lowest BCUT2D eigenvalue weighted by Crippen LogP contribution is -2.56. The Bertz CT molecular complexity index is 432. The maximum absolute atomic E-state index is 12.7. The molecule has 0 radical (unpaired) electrons. The van der Waals surface area contributed by atoms with Gasteiger partial charge in [0.15, 0.2) is 0 Å². The molecule has 1 aromatic carbocycles. The average Bonchev–Trinajstić information content (AvgIpc) is 2.13. The Kier molecular flexibility index (Phi) is 2.39. The first-order valence-electron chi connectivity index (χ1n) is 4.35. The van der Waals surface area contributed by atoms with Gasteiger partial charge in [0.1, 0.15) is 6.07 Å². The van der Waals surface area contributed by atoms with Crippen LogP contribution in [0.4, 0.5) is 14.5 Å². The molecule has 1 heterocycles. The van der Waals surface area contributed by atoms with Crippen molar-refractivity contribution in [1.29, 1.82) is 5.26 Å². The van der Waals surface area contributed by atoms with Crippen LogP contribution in [0.25, 0.3) is 0 Å². The molecule has 0 atom stereocenters. The zero-order valence-electron chi connectivity index (χ0n) is 7.67. The predicted molar refractivity (Wildman–Crippen MR) is 56.0 cm³/mol. The first-order chi connectivity index (χ1) is 7.03. The predicted octanol–water partition coefficient (Wildman–Crippen LogP) is 2.78. The topological polar surface area (TPSA) is 27.0 Å². The highest BCUT2D eigenvalue weighted by molar-refractivity contribution is 9.10. The number of alkyl halides is 2. The standard InChI is InChI=1S/C10H7BrF2N2/c11-8-2-1-3-9(7(8)4-14)15-5-10(12,13)6-15/h1-3H,5-6H2. The third-order valence-electron chi connectivity index (χ3n) is 2.29. The van der Waals surface area contributed by atoms with Crippen LogP contribution in [0.2, 0.25) is 0 Å². The summed E-state index contributed by atoms with van der Waals surface area (Å²) in [6.07, 6.45) is 0. The Balaban J connectivity index is 2.31. The van der Waals surface area contributed by atoms with E-state index in [0.29, 0.717) is 15.7 Å². The summed E-state index contributed by atoms with van der Waals surface area (Å²) in [6, 6.07) is 7.14. The van der Waals surface area contributed by atoms with Crippen molar-refractivity contribution >= 4 is 21.6 Å². The number of halogens is 3. The van der Waals surface area contributed by atoms with Crippen molar-refractivity contribution < 1.29 is 8.78 Å². The molecule has 0 bridgehead atoms. The van der Waals surface area contributed by atoms with Crippen molar-refractivity contribution in [2.45, 2.75) is 5.92 Å². The van der Waals surface area contributed by atoms with Crippen LogP contribution in [0, 0.1) is 11.3 Å². The van der Waals surface area contributed by atoms with Gasteiger partial charge in [-0.05, 0) is 28.1 Å². The molecule has 0 aliphatic carbocycles. The number of hydrogen-bond acceptors (Lipinski definition) is 2. The van der Waals surface area contributed by atoms with E-state index in [9.17, 15) is 8.78 Å². The number of rotatable bonds is 1. The van der Waals surface area contributed by atoms with Gasteiger partial charge in [-0.15, -0.1) is 0 Å². The highest BCUT2D eigenvalue weighted by Crippen LogP contribution is 2.35. The Labute approximate surface area is 94.2 Å². The van der Waals surface area contributed by atoms with Crippen LogP contribution in [0.3, 0.4) is 0 Å². The largest absolute Gasteiger partial charge is 0.358 e. The fourth-order valence-electron chi connectivity index (χ4n) is 1.57. The van der Waals surface area contributed by atoms with Crippen LogP contribution in [0.5, 0.6) is 0 Å². The molecule has 2 rings (SSSR count). The fourth-order valence-corrected chi connectivity index (χ4v) is 2.01. The van der Waals surface area contributed by atoms with E-state index in [1.807, 2.05) is 6.07 Å². The smallest absolute Gasteiger partial charge is 0.282 e. The molecule has 0 N–H and O–H groups in total. The van der Waals surface area contributed by atoms with Crippen molar-refractivity contribution in [2.24, 2.45) is 0 Å². The lowest BCUT2D eigenvalue weighted by atomic mass is 10.1. The molecule has 1 fully saturated rings. The zero-order valence-corrected chi connectivity index (χ0v) is 9.26. The highest BCUT2D eigenvalue weighted by Gasteiger charge is 2.44. The number of hydrogen-bond donors (Lipinski definition) is 0. The van der Waals surface area contributed by atoms with E-state index < -0.39 is 5.92 Å². The van der Waals surface area contributed by atoms with Gasteiger partial charge in [0.2, 0.25) is 0 Å². The van der Waals surface area contributed by atoms with Crippen molar-refractivity contribution in [2.75, 3.05) is 18.0 Å². The average molecular weight is 273 g/mol. The normalized spacial score (nSPS) is 18.1. The monoisotopic (exact) mass is 272 g/mol. The number of anilines is 1. The molecule has 0 unspecified atom stereocenters. The van der Waals surface area contributed by atoms with Gasteiger partial charge in [-0.25, -0.2) is 8.78 Å². The molecule has 1 saturated heterocycles. The van der Waals surface area contributed by atoms with E-state index in [4.69, 9.17) is 5.26 Å². The second-order valence-corrected chi connectivity index (χ2v) is 4.31. The van der Waals surface area contributed by atoms with Crippen LogP contribution in [0.15, 0.2) is 22.7 Å². The van der Waals surface area contributed by atoms with E-state index >= 15 is 0 Å². The SMILES string of the molecule is N#Cc1c(Br)cccc1N1CC(F)(F)C1. The van der Waals surface area contributed by atoms with Crippen LogP contribution in [-0.4, -0.2) is 19.0 Å². The molecule has 0 amide bonds. The molecular weight excluding hydrogens is 266 g/mol. The fraction of sp³-hybridized carbons (Fsp3) is 0.300. The van der Waals surface area contributed by atoms with Gasteiger partial charge in [0, 0.05) is 4.47 Å². The summed E-state index contributed by atoms with van der Waals surface area (Å²) < 4.78 is 26.0. The Morgan fingerprint density at radius 3 is 2.60 bits per heavy atom. The Hall–Kier alpha value is -1.15. The molecule has 78 valence electrons. The molecule has 0 aromatic heterocycles. The van der Waals surface area contributed by atoms with E-state index in [0.717, 1.165) is 0 Å². The van der Waals surface area contributed by atoms with Crippen molar-refractivity contribution in [3.05, 3.63) is 28.2 Å². The summed E-state index contributed by atoms with van der Waals surface area (Å²) in [4.78, 5) is 1.50. The van der Waals surface area contributed by atoms with E-state index in [1.54, 1.807) is 18.2 Å². The quantitative estimate of drug-likeness (QED) is 0.786. The molecule has 0 saturated carbocycles. The van der Waals surface area contributed by atoms with Crippen LogP contribution < -0.4 is 4.90 Å². The van der Waals surface area contributed by atoms with Crippen molar-refractivity contribution in [3.63, 3.8) is 0 Å². The minimum absolute atomic E-state index is 0.307. The zero-order chi connectivity index (χ0) is 11.1. The summed E-state index contributed by atoms with van der Waals surface area (Å²) in [6.45, 7) is -0.615.